The van der Waals surface area contributed by atoms with Crippen molar-refractivity contribution in [3.63, 3.8) is 0 Å². The fourth-order valence-electron chi connectivity index (χ4n) is 3.13. The minimum Gasteiger partial charge on any atom is -0.395 e. The molecule has 0 aromatic carbocycles. The van der Waals surface area contributed by atoms with Gasteiger partial charge in [-0.2, -0.15) is 0 Å². The molecule has 2 N–H and O–H groups in total. The maximum atomic E-state index is 9.17. The Morgan fingerprint density at radius 2 is 1.70 bits per heavy atom. The molecule has 0 saturated carbocycles. The molecule has 20 heavy (non-hydrogen) atoms. The minimum atomic E-state index is 0.295. The summed E-state index contributed by atoms with van der Waals surface area (Å²) in [6.45, 7) is 6.87. The molecule has 0 spiro atoms. The number of nitrogens with zero attached hydrogens (tertiary/aromatic N) is 1. The number of rotatable bonds is 13. The molecule has 1 fully saturated rings. The van der Waals surface area contributed by atoms with Gasteiger partial charge in [-0.1, -0.05) is 51.9 Å². The minimum absolute atomic E-state index is 0.295. The molecule has 1 aliphatic rings. The van der Waals surface area contributed by atoms with Gasteiger partial charge in [0.05, 0.1) is 6.61 Å². The molecule has 1 atom stereocenters. The standard InChI is InChI=1S/C17H36N2O/c1-2-3-4-5-6-7-8-9-13-19(14-15-20)16-17-11-10-12-18-17/h17-18,20H,2-16H2,1H3. The van der Waals surface area contributed by atoms with Crippen LogP contribution in [0, 0.1) is 0 Å². The van der Waals surface area contributed by atoms with Gasteiger partial charge in [0.2, 0.25) is 0 Å². The second-order valence-corrected chi connectivity index (χ2v) is 6.29. The molecule has 0 amide bonds. The summed E-state index contributed by atoms with van der Waals surface area (Å²) in [5.74, 6) is 0. The summed E-state index contributed by atoms with van der Waals surface area (Å²) in [6, 6.07) is 0.663. The monoisotopic (exact) mass is 284 g/mol. The van der Waals surface area contributed by atoms with Gasteiger partial charge >= 0.3 is 0 Å². The molecule has 1 unspecified atom stereocenters. The van der Waals surface area contributed by atoms with Gasteiger partial charge < -0.3 is 10.4 Å². The van der Waals surface area contributed by atoms with Crippen molar-refractivity contribution in [2.45, 2.75) is 77.2 Å². The maximum absolute atomic E-state index is 9.17. The van der Waals surface area contributed by atoms with Crippen molar-refractivity contribution < 1.29 is 5.11 Å². The third kappa shape index (κ3) is 8.93. The number of aliphatic hydroxyl groups is 1. The molecule has 0 aromatic heterocycles. The third-order valence-electron chi connectivity index (χ3n) is 4.39. The average molecular weight is 284 g/mol. The zero-order valence-corrected chi connectivity index (χ0v) is 13.6. The molecular formula is C17H36N2O. The largest absolute Gasteiger partial charge is 0.395 e. The van der Waals surface area contributed by atoms with E-state index in [1.54, 1.807) is 0 Å². The Kier molecular flexibility index (Phi) is 11.3. The van der Waals surface area contributed by atoms with Crippen molar-refractivity contribution in [2.75, 3.05) is 32.8 Å². The van der Waals surface area contributed by atoms with Gasteiger partial charge in [0.15, 0.2) is 0 Å². The Hall–Kier alpha value is -0.120. The third-order valence-corrected chi connectivity index (χ3v) is 4.39. The molecule has 3 heteroatoms. The lowest BCUT2D eigenvalue weighted by molar-refractivity contribution is 0.182. The molecule has 1 heterocycles. The van der Waals surface area contributed by atoms with Crippen LogP contribution in [0.5, 0.6) is 0 Å². The first-order valence-electron chi connectivity index (χ1n) is 8.93. The van der Waals surface area contributed by atoms with E-state index in [1.807, 2.05) is 0 Å². The van der Waals surface area contributed by atoms with Gasteiger partial charge in [-0.05, 0) is 32.4 Å². The molecule has 0 radical (unpaired) electrons. The van der Waals surface area contributed by atoms with E-state index in [-0.39, 0.29) is 0 Å². The number of hydrogen-bond donors (Lipinski definition) is 2. The molecule has 120 valence electrons. The highest BCUT2D eigenvalue weighted by Gasteiger charge is 2.17. The molecule has 1 rings (SSSR count). The molecule has 0 aromatic rings. The first kappa shape index (κ1) is 17.9. The van der Waals surface area contributed by atoms with Crippen molar-refractivity contribution in [2.24, 2.45) is 0 Å². The van der Waals surface area contributed by atoms with Gasteiger partial charge in [0, 0.05) is 19.1 Å². The van der Waals surface area contributed by atoms with E-state index in [0.717, 1.165) is 19.6 Å². The number of hydrogen-bond acceptors (Lipinski definition) is 3. The van der Waals surface area contributed by atoms with E-state index in [9.17, 15) is 5.11 Å². The SMILES string of the molecule is CCCCCCCCCCN(CCO)CC1CCCN1. The predicted molar refractivity (Wildman–Crippen MR) is 87.2 cm³/mol. The lowest BCUT2D eigenvalue weighted by Gasteiger charge is -2.24. The zero-order chi connectivity index (χ0) is 14.5. The first-order valence-corrected chi connectivity index (χ1v) is 8.93. The molecule has 1 aliphatic heterocycles. The predicted octanol–water partition coefficient (Wildman–Crippen LogP) is 3.17. The fraction of sp³-hybridized carbons (Fsp3) is 1.00. The van der Waals surface area contributed by atoms with Gasteiger partial charge in [-0.25, -0.2) is 0 Å². The maximum Gasteiger partial charge on any atom is 0.0558 e. The summed E-state index contributed by atoms with van der Waals surface area (Å²) in [5.41, 5.74) is 0. The highest BCUT2D eigenvalue weighted by molar-refractivity contribution is 4.77. The van der Waals surface area contributed by atoms with Crippen LogP contribution < -0.4 is 5.32 Å². The first-order chi connectivity index (χ1) is 9.86. The van der Waals surface area contributed by atoms with Gasteiger partial charge in [0.1, 0.15) is 0 Å². The summed E-state index contributed by atoms with van der Waals surface area (Å²) < 4.78 is 0. The van der Waals surface area contributed by atoms with Gasteiger partial charge in [0.25, 0.3) is 0 Å². The van der Waals surface area contributed by atoms with E-state index < -0.39 is 0 Å². The number of unbranched alkanes of at least 4 members (excludes halogenated alkanes) is 7. The summed E-state index contributed by atoms with van der Waals surface area (Å²) in [6.07, 6.45) is 13.6. The van der Waals surface area contributed by atoms with Crippen molar-refractivity contribution in [3.05, 3.63) is 0 Å². The van der Waals surface area contributed by atoms with Crippen LogP contribution >= 0.6 is 0 Å². The average Bonchev–Trinajstić information content (AvgIpc) is 2.95. The highest BCUT2D eigenvalue weighted by Crippen LogP contribution is 2.10. The Labute approximate surface area is 126 Å². The molecular weight excluding hydrogens is 248 g/mol. The molecule has 0 aliphatic carbocycles. The fourth-order valence-corrected chi connectivity index (χ4v) is 3.13. The molecule has 1 saturated heterocycles. The van der Waals surface area contributed by atoms with Crippen LogP contribution in [0.1, 0.15) is 71.1 Å². The Balaban J connectivity index is 1.97. The lowest BCUT2D eigenvalue weighted by atomic mass is 10.1. The van der Waals surface area contributed by atoms with Crippen LogP contribution in [0.15, 0.2) is 0 Å². The smallest absolute Gasteiger partial charge is 0.0558 e. The topological polar surface area (TPSA) is 35.5 Å². The van der Waals surface area contributed by atoms with Crippen molar-refractivity contribution in [1.82, 2.24) is 10.2 Å². The van der Waals surface area contributed by atoms with E-state index in [2.05, 4.69) is 17.1 Å². The van der Waals surface area contributed by atoms with E-state index in [0.29, 0.717) is 12.6 Å². The van der Waals surface area contributed by atoms with Crippen LogP contribution in [0.4, 0.5) is 0 Å². The highest BCUT2D eigenvalue weighted by atomic mass is 16.3. The second kappa shape index (κ2) is 12.6. The lowest BCUT2D eigenvalue weighted by Crippen LogP contribution is -2.39. The van der Waals surface area contributed by atoms with Crippen molar-refractivity contribution in [3.8, 4) is 0 Å². The normalized spacial score (nSPS) is 19.1. The zero-order valence-electron chi connectivity index (χ0n) is 13.6. The van der Waals surface area contributed by atoms with Crippen LogP contribution in [0.25, 0.3) is 0 Å². The quantitative estimate of drug-likeness (QED) is 0.510. The molecule has 3 nitrogen and oxygen atoms in total. The summed E-state index contributed by atoms with van der Waals surface area (Å²) in [4.78, 5) is 2.44. The van der Waals surface area contributed by atoms with Crippen LogP contribution in [0.2, 0.25) is 0 Å². The van der Waals surface area contributed by atoms with Gasteiger partial charge in [-0.3, -0.25) is 4.90 Å². The van der Waals surface area contributed by atoms with Crippen LogP contribution in [0.3, 0.4) is 0 Å². The van der Waals surface area contributed by atoms with Gasteiger partial charge in [-0.15, -0.1) is 0 Å². The van der Waals surface area contributed by atoms with E-state index in [1.165, 1.54) is 70.8 Å². The molecule has 0 bridgehead atoms. The Morgan fingerprint density at radius 1 is 1.00 bits per heavy atom. The van der Waals surface area contributed by atoms with E-state index >= 15 is 0 Å². The summed E-state index contributed by atoms with van der Waals surface area (Å²) in [5, 5.41) is 12.7. The van der Waals surface area contributed by atoms with Crippen molar-refractivity contribution in [1.29, 1.82) is 0 Å². The number of nitrogens with one attached hydrogen (secondary N) is 1. The summed E-state index contributed by atoms with van der Waals surface area (Å²) >= 11 is 0. The Bertz CT molecular complexity index is 205. The second-order valence-electron chi connectivity index (χ2n) is 6.29. The van der Waals surface area contributed by atoms with E-state index in [4.69, 9.17) is 0 Å². The van der Waals surface area contributed by atoms with Crippen LogP contribution in [-0.2, 0) is 0 Å². The van der Waals surface area contributed by atoms with Crippen LogP contribution in [-0.4, -0.2) is 48.8 Å². The Morgan fingerprint density at radius 3 is 2.30 bits per heavy atom. The number of aliphatic hydroxyl groups excluding tert-OH is 1. The van der Waals surface area contributed by atoms with Crippen molar-refractivity contribution >= 4 is 0 Å². The summed E-state index contributed by atoms with van der Waals surface area (Å²) in [7, 11) is 0.